The highest BCUT2D eigenvalue weighted by molar-refractivity contribution is 7.88. The molecule has 0 saturated carbocycles. The van der Waals surface area contributed by atoms with Gasteiger partial charge in [-0.2, -0.15) is 9.29 Å². The van der Waals surface area contributed by atoms with Crippen LogP contribution in [0.2, 0.25) is 0 Å². The molecule has 5 rings (SSSR count). The second kappa shape index (κ2) is 8.79. The van der Waals surface area contributed by atoms with Crippen LogP contribution in [-0.4, -0.2) is 86.1 Å². The molecular formula is C23H30N6O4S. The number of rotatable bonds is 4. The van der Waals surface area contributed by atoms with Crippen LogP contribution in [0.3, 0.4) is 0 Å². The van der Waals surface area contributed by atoms with Crippen molar-refractivity contribution >= 4 is 32.7 Å². The van der Waals surface area contributed by atoms with Crippen LogP contribution < -0.4 is 9.80 Å². The number of morpholine rings is 1. The van der Waals surface area contributed by atoms with E-state index in [1.54, 1.807) is 0 Å². The van der Waals surface area contributed by atoms with E-state index in [0.717, 1.165) is 45.8 Å². The molecule has 10 nitrogen and oxygen atoms in total. The fourth-order valence-corrected chi connectivity index (χ4v) is 5.60. The van der Waals surface area contributed by atoms with Crippen LogP contribution in [0.25, 0.3) is 22.0 Å². The summed E-state index contributed by atoms with van der Waals surface area (Å²) in [5.41, 5.74) is 3.70. The van der Waals surface area contributed by atoms with Gasteiger partial charge in [0, 0.05) is 43.7 Å². The molecule has 0 radical (unpaired) electrons. The fraction of sp³-hybridized carbons (Fsp3) is 0.522. The smallest absolute Gasteiger partial charge is 0.227 e. The lowest BCUT2D eigenvalue weighted by atomic mass is 10.0. The summed E-state index contributed by atoms with van der Waals surface area (Å²) in [6.45, 7) is 9.96. The van der Waals surface area contributed by atoms with Gasteiger partial charge in [-0.1, -0.05) is 11.2 Å². The zero-order chi connectivity index (χ0) is 24.0. The van der Waals surface area contributed by atoms with Gasteiger partial charge in [0.05, 0.1) is 36.7 Å². The highest BCUT2D eigenvalue weighted by Gasteiger charge is 2.28. The van der Waals surface area contributed by atoms with Crippen LogP contribution in [0.4, 0.5) is 11.8 Å². The van der Waals surface area contributed by atoms with E-state index in [9.17, 15) is 8.42 Å². The number of hydrogen-bond acceptors (Lipinski definition) is 9. The summed E-state index contributed by atoms with van der Waals surface area (Å²) in [6, 6.07) is 6.35. The third kappa shape index (κ3) is 4.23. The molecule has 2 aliphatic heterocycles. The van der Waals surface area contributed by atoms with Gasteiger partial charge in [0.2, 0.25) is 16.0 Å². The highest BCUT2D eigenvalue weighted by atomic mass is 32.2. The van der Waals surface area contributed by atoms with Crippen LogP contribution in [0.15, 0.2) is 22.7 Å². The average molecular weight is 487 g/mol. The van der Waals surface area contributed by atoms with Crippen molar-refractivity contribution in [3.8, 4) is 11.1 Å². The number of aromatic nitrogens is 3. The Bertz CT molecular complexity index is 1300. The molecule has 2 saturated heterocycles. The van der Waals surface area contributed by atoms with Crippen LogP contribution in [0, 0.1) is 13.8 Å². The zero-order valence-electron chi connectivity index (χ0n) is 20.0. The monoisotopic (exact) mass is 486 g/mol. The standard InChI is InChI=1S/C23H30N6O4S/c1-15-14-32-12-11-29(15)22-19-13-18(21-16(2)26-33-17(21)3)5-6-20(19)24-23(25-22)27-7-9-28(10-8-27)34(4,30)31/h5-6,13,15H,7-12,14H2,1-4H3/t15-/m1/s1. The van der Waals surface area contributed by atoms with Gasteiger partial charge >= 0.3 is 0 Å². The van der Waals surface area contributed by atoms with E-state index in [4.69, 9.17) is 19.2 Å². The van der Waals surface area contributed by atoms with Crippen molar-refractivity contribution in [1.82, 2.24) is 19.4 Å². The minimum atomic E-state index is -3.20. The van der Waals surface area contributed by atoms with Gasteiger partial charge in [-0.3, -0.25) is 0 Å². The lowest BCUT2D eigenvalue weighted by molar-refractivity contribution is 0.0987. The molecule has 4 heterocycles. The normalized spacial score (nSPS) is 20.3. The maximum absolute atomic E-state index is 11.9. The second-order valence-corrected chi connectivity index (χ2v) is 11.0. The first-order valence-electron chi connectivity index (χ1n) is 11.5. The van der Waals surface area contributed by atoms with Gasteiger partial charge in [0.25, 0.3) is 0 Å². The molecular weight excluding hydrogens is 456 g/mol. The van der Waals surface area contributed by atoms with E-state index in [1.807, 2.05) is 26.0 Å². The summed E-state index contributed by atoms with van der Waals surface area (Å²) in [5.74, 6) is 2.27. The van der Waals surface area contributed by atoms with Gasteiger partial charge in [-0.15, -0.1) is 0 Å². The van der Waals surface area contributed by atoms with Gasteiger partial charge < -0.3 is 19.1 Å². The average Bonchev–Trinajstić information content (AvgIpc) is 3.16. The molecule has 2 fully saturated rings. The Labute approximate surface area is 199 Å². The Balaban J connectivity index is 1.59. The lowest BCUT2D eigenvalue weighted by Crippen LogP contribution is -2.49. The van der Waals surface area contributed by atoms with Crippen LogP contribution in [0.1, 0.15) is 18.4 Å². The number of fused-ring (bicyclic) bond motifs is 1. The number of hydrogen-bond donors (Lipinski definition) is 0. The highest BCUT2D eigenvalue weighted by Crippen LogP contribution is 2.34. The maximum Gasteiger partial charge on any atom is 0.227 e. The van der Waals surface area contributed by atoms with E-state index in [2.05, 4.69) is 27.9 Å². The van der Waals surface area contributed by atoms with Gasteiger partial charge in [0.15, 0.2) is 0 Å². The van der Waals surface area contributed by atoms with Crippen LogP contribution >= 0.6 is 0 Å². The third-order valence-electron chi connectivity index (χ3n) is 6.62. The Kier molecular flexibility index (Phi) is 5.95. The van der Waals surface area contributed by atoms with Crippen molar-refractivity contribution < 1.29 is 17.7 Å². The molecule has 0 aliphatic carbocycles. The minimum absolute atomic E-state index is 0.171. The van der Waals surface area contributed by atoms with Crippen molar-refractivity contribution in [2.45, 2.75) is 26.8 Å². The number of sulfonamides is 1. The molecule has 0 spiro atoms. The van der Waals surface area contributed by atoms with Crippen LogP contribution in [-0.2, 0) is 14.8 Å². The Morgan fingerprint density at radius 1 is 1.06 bits per heavy atom. The van der Waals surface area contributed by atoms with Crippen molar-refractivity contribution in [2.24, 2.45) is 0 Å². The number of ether oxygens (including phenoxy) is 1. The number of benzene rings is 1. The molecule has 0 unspecified atom stereocenters. The predicted octanol–water partition coefficient (Wildman–Crippen LogP) is 2.21. The van der Waals surface area contributed by atoms with E-state index in [-0.39, 0.29) is 6.04 Å². The van der Waals surface area contributed by atoms with E-state index >= 15 is 0 Å². The molecule has 0 bridgehead atoms. The number of nitrogens with zero attached hydrogens (tertiary/aromatic N) is 6. The molecule has 1 atom stereocenters. The van der Waals surface area contributed by atoms with Gasteiger partial charge in [-0.25, -0.2) is 13.4 Å². The minimum Gasteiger partial charge on any atom is -0.377 e. The summed E-state index contributed by atoms with van der Waals surface area (Å²) in [5, 5.41) is 5.07. The summed E-state index contributed by atoms with van der Waals surface area (Å²) in [6.07, 6.45) is 1.25. The summed E-state index contributed by atoms with van der Waals surface area (Å²) in [4.78, 5) is 14.3. The summed E-state index contributed by atoms with van der Waals surface area (Å²) in [7, 11) is -3.20. The van der Waals surface area contributed by atoms with Gasteiger partial charge in [-0.05, 0) is 38.5 Å². The molecule has 3 aromatic rings. The lowest BCUT2D eigenvalue weighted by Gasteiger charge is -2.37. The fourth-order valence-electron chi connectivity index (χ4n) is 4.77. The Hall–Kier alpha value is -2.76. The predicted molar refractivity (Wildman–Crippen MR) is 131 cm³/mol. The van der Waals surface area contributed by atoms with Crippen molar-refractivity contribution in [2.75, 3.05) is 62.0 Å². The zero-order valence-corrected chi connectivity index (χ0v) is 20.8. The second-order valence-electron chi connectivity index (χ2n) is 9.04. The van der Waals surface area contributed by atoms with E-state index < -0.39 is 10.0 Å². The first kappa shape index (κ1) is 23.0. The van der Waals surface area contributed by atoms with Crippen molar-refractivity contribution in [3.05, 3.63) is 29.7 Å². The first-order chi connectivity index (χ1) is 16.2. The topological polar surface area (TPSA) is 105 Å². The molecule has 182 valence electrons. The number of aryl methyl sites for hydroxylation is 2. The third-order valence-corrected chi connectivity index (χ3v) is 7.92. The van der Waals surface area contributed by atoms with Crippen molar-refractivity contribution in [3.63, 3.8) is 0 Å². The molecule has 11 heteroatoms. The van der Waals surface area contributed by atoms with Crippen LogP contribution in [0.5, 0.6) is 0 Å². The van der Waals surface area contributed by atoms with Gasteiger partial charge in [0.1, 0.15) is 11.6 Å². The largest absolute Gasteiger partial charge is 0.377 e. The number of piperazine rings is 1. The molecule has 1 aromatic carbocycles. The molecule has 0 N–H and O–H groups in total. The molecule has 0 amide bonds. The van der Waals surface area contributed by atoms with E-state index in [1.165, 1.54) is 10.6 Å². The first-order valence-corrected chi connectivity index (χ1v) is 13.4. The molecule has 2 aliphatic rings. The Morgan fingerprint density at radius 2 is 1.82 bits per heavy atom. The number of anilines is 2. The van der Waals surface area contributed by atoms with Crippen molar-refractivity contribution in [1.29, 1.82) is 0 Å². The molecule has 34 heavy (non-hydrogen) atoms. The maximum atomic E-state index is 11.9. The van der Waals surface area contributed by atoms with E-state index in [0.29, 0.717) is 45.3 Å². The summed E-state index contributed by atoms with van der Waals surface area (Å²) < 4.78 is 36.4. The Morgan fingerprint density at radius 3 is 2.47 bits per heavy atom. The summed E-state index contributed by atoms with van der Waals surface area (Å²) >= 11 is 0. The molecule has 2 aromatic heterocycles. The quantitative estimate of drug-likeness (QED) is 0.549. The SMILES string of the molecule is Cc1noc(C)c1-c1ccc2nc(N3CCN(S(C)(=O)=O)CC3)nc(N3CCOC[C@H]3C)c2c1.